The average Bonchev–Trinajstić information content (AvgIpc) is 2.53. The van der Waals surface area contributed by atoms with E-state index in [2.05, 4.69) is 10.2 Å². The van der Waals surface area contributed by atoms with E-state index in [0.717, 1.165) is 43.1 Å². The highest BCUT2D eigenvalue weighted by molar-refractivity contribution is 5.40. The van der Waals surface area contributed by atoms with Crippen LogP contribution in [-0.4, -0.2) is 67.1 Å². The van der Waals surface area contributed by atoms with E-state index in [1.54, 1.807) is 0 Å². The number of nitrogens with one attached hydrogen (secondary N) is 1. The first-order valence-corrected chi connectivity index (χ1v) is 8.48. The van der Waals surface area contributed by atoms with Crippen LogP contribution in [0.5, 0.6) is 5.75 Å². The lowest BCUT2D eigenvalue weighted by Crippen LogP contribution is -2.67. The van der Waals surface area contributed by atoms with Crippen molar-refractivity contribution in [2.75, 3.05) is 39.4 Å². The van der Waals surface area contributed by atoms with Gasteiger partial charge in [-0.05, 0) is 31.9 Å². The molecule has 1 aromatic carbocycles. The number of nitrogens with zero attached hydrogens (tertiary/aromatic N) is 1. The van der Waals surface area contributed by atoms with E-state index in [1.807, 2.05) is 39.0 Å². The number of ether oxygens (including phenoxy) is 2. The van der Waals surface area contributed by atoms with Crippen LogP contribution in [0.4, 0.5) is 0 Å². The molecular formula is C18H28N2O3. The van der Waals surface area contributed by atoms with Crippen LogP contribution < -0.4 is 10.1 Å². The molecule has 0 radical (unpaired) electrons. The quantitative estimate of drug-likeness (QED) is 0.874. The van der Waals surface area contributed by atoms with E-state index in [9.17, 15) is 5.11 Å². The standard InChI is InChI=1S/C18H28N2O3/c1-13-5-4-6-14(2)17(13)23-16-12-22-11-15(18(16,3)21)20-9-7-19-8-10-20/h4-6,15-16,19,21H,7-12H2,1-3H3. The summed E-state index contributed by atoms with van der Waals surface area (Å²) in [5.74, 6) is 0.863. The van der Waals surface area contributed by atoms with Gasteiger partial charge in [-0.1, -0.05) is 18.2 Å². The molecule has 2 fully saturated rings. The SMILES string of the molecule is Cc1cccc(C)c1OC1COCC(N2CCNCC2)C1(C)O. The van der Waals surface area contributed by atoms with Crippen LogP contribution in [0.2, 0.25) is 0 Å². The zero-order valence-electron chi connectivity index (χ0n) is 14.3. The largest absolute Gasteiger partial charge is 0.484 e. The molecule has 2 aliphatic rings. The number of hydrogen-bond acceptors (Lipinski definition) is 5. The summed E-state index contributed by atoms with van der Waals surface area (Å²) < 4.78 is 12.0. The number of hydrogen-bond donors (Lipinski definition) is 2. The highest BCUT2D eigenvalue weighted by atomic mass is 16.6. The summed E-state index contributed by atoms with van der Waals surface area (Å²) in [4.78, 5) is 2.32. The molecule has 0 saturated carbocycles. The zero-order valence-corrected chi connectivity index (χ0v) is 14.3. The van der Waals surface area contributed by atoms with Crippen molar-refractivity contribution in [1.82, 2.24) is 10.2 Å². The molecule has 3 unspecified atom stereocenters. The van der Waals surface area contributed by atoms with E-state index in [1.165, 1.54) is 0 Å². The van der Waals surface area contributed by atoms with Crippen LogP contribution in [0, 0.1) is 13.8 Å². The summed E-state index contributed by atoms with van der Waals surface area (Å²) in [7, 11) is 0. The van der Waals surface area contributed by atoms with Crippen molar-refractivity contribution in [3.63, 3.8) is 0 Å². The second-order valence-corrected chi connectivity index (χ2v) is 6.89. The predicted molar refractivity (Wildman–Crippen MR) is 90.0 cm³/mol. The molecular weight excluding hydrogens is 292 g/mol. The van der Waals surface area contributed by atoms with Crippen molar-refractivity contribution in [1.29, 1.82) is 0 Å². The van der Waals surface area contributed by atoms with Crippen LogP contribution in [0.15, 0.2) is 18.2 Å². The monoisotopic (exact) mass is 320 g/mol. The second-order valence-electron chi connectivity index (χ2n) is 6.89. The Morgan fingerprint density at radius 3 is 2.52 bits per heavy atom. The van der Waals surface area contributed by atoms with E-state index in [-0.39, 0.29) is 12.1 Å². The molecule has 0 amide bonds. The maximum Gasteiger partial charge on any atom is 0.152 e. The topological polar surface area (TPSA) is 54.0 Å². The van der Waals surface area contributed by atoms with E-state index >= 15 is 0 Å². The molecule has 0 spiro atoms. The molecule has 5 nitrogen and oxygen atoms in total. The Labute approximate surface area is 138 Å². The lowest BCUT2D eigenvalue weighted by molar-refractivity contribution is -0.179. The van der Waals surface area contributed by atoms with Crippen molar-refractivity contribution in [3.8, 4) is 5.75 Å². The molecule has 1 aromatic rings. The van der Waals surface area contributed by atoms with Gasteiger partial charge in [-0.2, -0.15) is 0 Å². The molecule has 2 aliphatic heterocycles. The fraction of sp³-hybridized carbons (Fsp3) is 0.667. The van der Waals surface area contributed by atoms with Gasteiger partial charge in [0.15, 0.2) is 6.10 Å². The fourth-order valence-electron chi connectivity index (χ4n) is 3.59. The van der Waals surface area contributed by atoms with E-state index < -0.39 is 5.60 Å². The van der Waals surface area contributed by atoms with Gasteiger partial charge in [0.05, 0.1) is 19.3 Å². The van der Waals surface area contributed by atoms with Gasteiger partial charge in [0.25, 0.3) is 0 Å². The van der Waals surface area contributed by atoms with Crippen LogP contribution in [0.3, 0.4) is 0 Å². The van der Waals surface area contributed by atoms with Gasteiger partial charge in [0, 0.05) is 26.2 Å². The maximum atomic E-state index is 11.2. The zero-order chi connectivity index (χ0) is 16.4. The first kappa shape index (κ1) is 16.7. The molecule has 0 bridgehead atoms. The maximum absolute atomic E-state index is 11.2. The summed E-state index contributed by atoms with van der Waals surface area (Å²) in [5, 5.41) is 14.6. The van der Waals surface area contributed by atoms with Gasteiger partial charge in [-0.3, -0.25) is 4.90 Å². The number of aryl methyl sites for hydroxylation is 2. The molecule has 2 saturated heterocycles. The molecule has 0 aliphatic carbocycles. The lowest BCUT2D eigenvalue weighted by atomic mass is 9.87. The summed E-state index contributed by atoms with van der Waals surface area (Å²) in [5.41, 5.74) is 1.24. The Bertz CT molecular complexity index is 521. The van der Waals surface area contributed by atoms with Crippen molar-refractivity contribution < 1.29 is 14.6 Å². The molecule has 0 aromatic heterocycles. The molecule has 2 N–H and O–H groups in total. The molecule has 128 valence electrons. The molecule has 3 atom stereocenters. The minimum Gasteiger partial charge on any atom is -0.484 e. The van der Waals surface area contributed by atoms with Gasteiger partial charge in [0.2, 0.25) is 0 Å². The summed E-state index contributed by atoms with van der Waals surface area (Å²) in [6.07, 6.45) is -0.365. The normalized spacial score (nSPS) is 32.7. The third kappa shape index (κ3) is 3.38. The van der Waals surface area contributed by atoms with E-state index in [4.69, 9.17) is 9.47 Å². The molecule has 2 heterocycles. The minimum atomic E-state index is -0.940. The van der Waals surface area contributed by atoms with Gasteiger partial charge < -0.3 is 19.9 Å². The Hall–Kier alpha value is -1.14. The smallest absolute Gasteiger partial charge is 0.152 e. The highest BCUT2D eigenvalue weighted by Gasteiger charge is 2.48. The highest BCUT2D eigenvalue weighted by Crippen LogP contribution is 2.32. The molecule has 3 rings (SSSR count). The Balaban J connectivity index is 1.79. The Morgan fingerprint density at radius 1 is 1.22 bits per heavy atom. The summed E-state index contributed by atoms with van der Waals surface area (Å²) in [6, 6.07) is 6.06. The Kier molecular flexibility index (Phi) is 4.92. The van der Waals surface area contributed by atoms with E-state index in [0.29, 0.717) is 13.2 Å². The third-order valence-corrected chi connectivity index (χ3v) is 5.13. The minimum absolute atomic E-state index is 0.0346. The lowest BCUT2D eigenvalue weighted by Gasteiger charge is -2.48. The third-order valence-electron chi connectivity index (χ3n) is 5.13. The van der Waals surface area contributed by atoms with Crippen molar-refractivity contribution >= 4 is 0 Å². The van der Waals surface area contributed by atoms with Crippen LogP contribution in [0.1, 0.15) is 18.1 Å². The van der Waals surface area contributed by atoms with Crippen LogP contribution >= 0.6 is 0 Å². The van der Waals surface area contributed by atoms with Gasteiger partial charge in [-0.25, -0.2) is 0 Å². The van der Waals surface area contributed by atoms with Crippen molar-refractivity contribution in [3.05, 3.63) is 29.3 Å². The van der Waals surface area contributed by atoms with Gasteiger partial charge in [0.1, 0.15) is 11.4 Å². The van der Waals surface area contributed by atoms with Crippen LogP contribution in [0.25, 0.3) is 0 Å². The second kappa shape index (κ2) is 6.77. The van der Waals surface area contributed by atoms with Crippen molar-refractivity contribution in [2.45, 2.75) is 38.5 Å². The number of aliphatic hydroxyl groups is 1. The fourth-order valence-corrected chi connectivity index (χ4v) is 3.59. The number of benzene rings is 1. The predicted octanol–water partition coefficient (Wildman–Crippen LogP) is 1.11. The average molecular weight is 320 g/mol. The summed E-state index contributed by atoms with van der Waals surface area (Å²) >= 11 is 0. The molecule has 5 heteroatoms. The first-order valence-electron chi connectivity index (χ1n) is 8.48. The molecule has 23 heavy (non-hydrogen) atoms. The summed E-state index contributed by atoms with van der Waals surface area (Å²) in [6.45, 7) is 10.7. The number of para-hydroxylation sites is 1. The van der Waals surface area contributed by atoms with Crippen LogP contribution in [-0.2, 0) is 4.74 Å². The number of piperazine rings is 1. The number of rotatable bonds is 3. The van der Waals surface area contributed by atoms with Crippen molar-refractivity contribution in [2.24, 2.45) is 0 Å². The first-order chi connectivity index (χ1) is 11.0. The van der Waals surface area contributed by atoms with Gasteiger partial charge >= 0.3 is 0 Å². The van der Waals surface area contributed by atoms with Gasteiger partial charge in [-0.15, -0.1) is 0 Å². The Morgan fingerprint density at radius 2 is 1.87 bits per heavy atom.